The summed E-state index contributed by atoms with van der Waals surface area (Å²) < 4.78 is 0. The third kappa shape index (κ3) is 3.40. The van der Waals surface area contributed by atoms with Crippen molar-refractivity contribution in [3.63, 3.8) is 0 Å². The lowest BCUT2D eigenvalue weighted by Crippen LogP contribution is -2.52. The Morgan fingerprint density at radius 2 is 2.12 bits per heavy atom. The Labute approximate surface area is 97.9 Å². The third-order valence-corrected chi connectivity index (χ3v) is 2.55. The fourth-order valence-electron chi connectivity index (χ4n) is 1.63. The summed E-state index contributed by atoms with van der Waals surface area (Å²) in [4.78, 5) is 33.2. The molecule has 0 aromatic rings. The number of hydrogen-bond donors (Lipinski definition) is 4. The van der Waals surface area contributed by atoms with Gasteiger partial charge >= 0.3 is 5.97 Å². The van der Waals surface area contributed by atoms with E-state index in [1.807, 2.05) is 0 Å². The van der Waals surface area contributed by atoms with Crippen molar-refractivity contribution in [2.75, 3.05) is 6.54 Å². The fourth-order valence-corrected chi connectivity index (χ4v) is 1.63. The van der Waals surface area contributed by atoms with Gasteiger partial charge in [-0.2, -0.15) is 0 Å². The molecule has 1 saturated heterocycles. The van der Waals surface area contributed by atoms with Gasteiger partial charge in [0, 0.05) is 13.0 Å². The highest BCUT2D eigenvalue weighted by Crippen LogP contribution is 2.11. The summed E-state index contributed by atoms with van der Waals surface area (Å²) in [5.41, 5.74) is 13.2. The van der Waals surface area contributed by atoms with E-state index in [4.69, 9.17) is 16.6 Å². The summed E-state index contributed by atoms with van der Waals surface area (Å²) in [5.74, 6) is -2.15. The van der Waals surface area contributed by atoms with Gasteiger partial charge in [0.2, 0.25) is 5.91 Å². The second kappa shape index (κ2) is 5.60. The van der Waals surface area contributed by atoms with E-state index in [1.165, 1.54) is 0 Å². The normalized spacial score (nSPS) is 21.2. The SMILES string of the molecule is NC(=O)CC[C@H](N)C(=O)N1NCCC1C(=O)O. The Kier molecular flexibility index (Phi) is 4.41. The number of hydrogen-bond acceptors (Lipinski definition) is 5. The van der Waals surface area contributed by atoms with E-state index in [0.29, 0.717) is 13.0 Å². The molecular weight excluding hydrogens is 228 g/mol. The maximum absolute atomic E-state index is 11.8. The highest BCUT2D eigenvalue weighted by molar-refractivity contribution is 5.87. The van der Waals surface area contributed by atoms with Crippen LogP contribution in [-0.4, -0.2) is 46.5 Å². The van der Waals surface area contributed by atoms with E-state index in [2.05, 4.69) is 5.43 Å². The van der Waals surface area contributed by atoms with Crippen molar-refractivity contribution in [3.8, 4) is 0 Å². The quantitative estimate of drug-likeness (QED) is 0.431. The molecule has 1 unspecified atom stereocenters. The van der Waals surface area contributed by atoms with Crippen LogP contribution >= 0.6 is 0 Å². The zero-order valence-electron chi connectivity index (χ0n) is 9.26. The number of aliphatic carboxylic acids is 1. The van der Waals surface area contributed by atoms with Gasteiger partial charge in [-0.25, -0.2) is 10.2 Å². The number of nitrogens with two attached hydrogens (primary N) is 2. The summed E-state index contributed by atoms with van der Waals surface area (Å²) in [6, 6.07) is -1.82. The molecule has 2 amide bonds. The van der Waals surface area contributed by atoms with E-state index in [1.54, 1.807) is 0 Å². The topological polar surface area (TPSA) is 139 Å². The predicted molar refractivity (Wildman–Crippen MR) is 57.3 cm³/mol. The number of carbonyl (C=O) groups excluding carboxylic acids is 2. The standard InChI is InChI=1S/C9H16N4O4/c10-5(1-2-7(11)14)8(15)13-6(9(16)17)3-4-12-13/h5-6,12H,1-4,10H2,(H2,11,14)(H,16,17)/t5-,6?/m0/s1. The molecule has 1 aliphatic rings. The van der Waals surface area contributed by atoms with Gasteiger partial charge in [0.1, 0.15) is 6.04 Å². The van der Waals surface area contributed by atoms with Gasteiger partial charge in [-0.3, -0.25) is 14.6 Å². The van der Waals surface area contributed by atoms with Crippen molar-refractivity contribution in [1.82, 2.24) is 10.4 Å². The van der Waals surface area contributed by atoms with E-state index >= 15 is 0 Å². The molecule has 8 nitrogen and oxygen atoms in total. The number of rotatable bonds is 5. The molecule has 8 heteroatoms. The summed E-state index contributed by atoms with van der Waals surface area (Å²) in [6.45, 7) is 0.408. The number of amides is 2. The van der Waals surface area contributed by atoms with E-state index < -0.39 is 29.9 Å². The molecule has 0 bridgehead atoms. The van der Waals surface area contributed by atoms with Crippen molar-refractivity contribution in [3.05, 3.63) is 0 Å². The summed E-state index contributed by atoms with van der Waals surface area (Å²) in [6.07, 6.45) is 0.445. The van der Waals surface area contributed by atoms with Gasteiger partial charge in [0.25, 0.3) is 5.91 Å². The molecule has 0 spiro atoms. The summed E-state index contributed by atoms with van der Waals surface area (Å²) in [5, 5.41) is 9.91. The molecule has 1 aliphatic heterocycles. The highest BCUT2D eigenvalue weighted by atomic mass is 16.4. The van der Waals surface area contributed by atoms with Crippen LogP contribution in [0, 0.1) is 0 Å². The number of carboxylic acids is 1. The molecule has 0 saturated carbocycles. The minimum atomic E-state index is -1.08. The van der Waals surface area contributed by atoms with E-state index in [-0.39, 0.29) is 12.8 Å². The van der Waals surface area contributed by atoms with Crippen LogP contribution in [0.4, 0.5) is 0 Å². The van der Waals surface area contributed by atoms with Gasteiger partial charge in [-0.05, 0) is 12.8 Å². The molecule has 0 aliphatic carbocycles. The minimum Gasteiger partial charge on any atom is -0.480 e. The maximum Gasteiger partial charge on any atom is 0.328 e. The van der Waals surface area contributed by atoms with Crippen molar-refractivity contribution >= 4 is 17.8 Å². The first-order chi connectivity index (χ1) is 7.93. The molecule has 0 aromatic heterocycles. The first kappa shape index (κ1) is 13.4. The molecule has 1 fully saturated rings. The van der Waals surface area contributed by atoms with Crippen LogP contribution in [-0.2, 0) is 14.4 Å². The third-order valence-electron chi connectivity index (χ3n) is 2.55. The van der Waals surface area contributed by atoms with Crippen LogP contribution in [0.5, 0.6) is 0 Å². The van der Waals surface area contributed by atoms with Gasteiger partial charge in [-0.1, -0.05) is 0 Å². The smallest absolute Gasteiger partial charge is 0.328 e. The zero-order valence-corrected chi connectivity index (χ0v) is 9.26. The number of nitrogens with zero attached hydrogens (tertiary/aromatic N) is 1. The first-order valence-electron chi connectivity index (χ1n) is 5.26. The van der Waals surface area contributed by atoms with Gasteiger partial charge < -0.3 is 16.6 Å². The van der Waals surface area contributed by atoms with Crippen LogP contribution in [0.2, 0.25) is 0 Å². The van der Waals surface area contributed by atoms with Crippen LogP contribution in [0.1, 0.15) is 19.3 Å². The molecule has 17 heavy (non-hydrogen) atoms. The average molecular weight is 244 g/mol. The number of primary amides is 1. The molecule has 96 valence electrons. The molecule has 1 heterocycles. The molecular formula is C9H16N4O4. The largest absolute Gasteiger partial charge is 0.480 e. The molecule has 6 N–H and O–H groups in total. The molecule has 0 aromatic carbocycles. The van der Waals surface area contributed by atoms with Gasteiger partial charge in [-0.15, -0.1) is 0 Å². The van der Waals surface area contributed by atoms with Crippen molar-refractivity contribution in [1.29, 1.82) is 0 Å². The van der Waals surface area contributed by atoms with Crippen LogP contribution < -0.4 is 16.9 Å². The fraction of sp³-hybridized carbons (Fsp3) is 0.667. The van der Waals surface area contributed by atoms with Crippen LogP contribution in [0.3, 0.4) is 0 Å². The lowest BCUT2D eigenvalue weighted by molar-refractivity contribution is -0.151. The second-order valence-electron chi connectivity index (χ2n) is 3.87. The van der Waals surface area contributed by atoms with Crippen molar-refractivity contribution < 1.29 is 19.5 Å². The monoisotopic (exact) mass is 244 g/mol. The van der Waals surface area contributed by atoms with Crippen LogP contribution in [0.25, 0.3) is 0 Å². The molecule has 0 radical (unpaired) electrons. The number of nitrogens with one attached hydrogen (secondary N) is 1. The lowest BCUT2D eigenvalue weighted by Gasteiger charge is -2.24. The van der Waals surface area contributed by atoms with E-state index in [0.717, 1.165) is 5.01 Å². The lowest BCUT2D eigenvalue weighted by atomic mass is 10.1. The Bertz CT molecular complexity index is 333. The Hall–Kier alpha value is -1.67. The number of hydrazine groups is 1. The highest BCUT2D eigenvalue weighted by Gasteiger charge is 2.36. The van der Waals surface area contributed by atoms with Crippen LogP contribution in [0.15, 0.2) is 0 Å². The van der Waals surface area contributed by atoms with Crippen molar-refractivity contribution in [2.24, 2.45) is 11.5 Å². The Morgan fingerprint density at radius 3 is 2.65 bits per heavy atom. The average Bonchev–Trinajstić information content (AvgIpc) is 2.73. The second-order valence-corrected chi connectivity index (χ2v) is 3.87. The number of carbonyl (C=O) groups is 3. The molecule has 1 rings (SSSR count). The predicted octanol–water partition coefficient (Wildman–Crippen LogP) is -2.23. The maximum atomic E-state index is 11.8. The van der Waals surface area contributed by atoms with Gasteiger partial charge in [0.05, 0.1) is 6.04 Å². The van der Waals surface area contributed by atoms with Crippen molar-refractivity contribution in [2.45, 2.75) is 31.3 Å². The van der Waals surface area contributed by atoms with E-state index in [9.17, 15) is 14.4 Å². The zero-order chi connectivity index (χ0) is 13.0. The summed E-state index contributed by atoms with van der Waals surface area (Å²) in [7, 11) is 0. The minimum absolute atomic E-state index is 0.00150. The molecule has 2 atom stereocenters. The Morgan fingerprint density at radius 1 is 1.47 bits per heavy atom. The Balaban J connectivity index is 2.56. The number of carboxylic acid groups (broad SMARTS) is 1. The van der Waals surface area contributed by atoms with Gasteiger partial charge in [0.15, 0.2) is 0 Å². The summed E-state index contributed by atoms with van der Waals surface area (Å²) >= 11 is 0. The first-order valence-corrected chi connectivity index (χ1v) is 5.26.